The van der Waals surface area contributed by atoms with Gasteiger partial charge in [-0.3, -0.25) is 0 Å². The number of esters is 1. The summed E-state index contributed by atoms with van der Waals surface area (Å²) in [4.78, 5) is 12.9. The summed E-state index contributed by atoms with van der Waals surface area (Å²) in [6, 6.07) is 31.6. The van der Waals surface area contributed by atoms with E-state index in [9.17, 15) is 10.1 Å². The van der Waals surface area contributed by atoms with Crippen LogP contribution in [-0.4, -0.2) is 12.6 Å². The first-order chi connectivity index (χ1) is 19.1. The van der Waals surface area contributed by atoms with E-state index in [4.69, 9.17) is 24.7 Å². The highest BCUT2D eigenvalue weighted by atomic mass is 16.5. The van der Waals surface area contributed by atoms with Gasteiger partial charge in [-0.2, -0.15) is 5.26 Å². The first-order valence-corrected chi connectivity index (χ1v) is 12.5. The van der Waals surface area contributed by atoms with Crippen molar-refractivity contribution in [3.05, 3.63) is 131 Å². The van der Waals surface area contributed by atoms with E-state index in [0.29, 0.717) is 41.6 Å². The van der Waals surface area contributed by atoms with Gasteiger partial charge in [0.15, 0.2) is 0 Å². The molecule has 1 atom stereocenters. The summed E-state index contributed by atoms with van der Waals surface area (Å²) >= 11 is 0. The molecular weight excluding hydrogens is 492 g/mol. The summed E-state index contributed by atoms with van der Waals surface area (Å²) < 4.78 is 22.9. The van der Waals surface area contributed by atoms with E-state index >= 15 is 0 Å². The van der Waals surface area contributed by atoms with Crippen molar-refractivity contribution < 1.29 is 23.7 Å². The first kappa shape index (κ1) is 25.4. The van der Waals surface area contributed by atoms with Crippen LogP contribution in [0.15, 0.2) is 109 Å². The minimum absolute atomic E-state index is 0.00423. The second-order valence-corrected chi connectivity index (χ2v) is 8.79. The largest absolute Gasteiger partial charge is 0.493 e. The van der Waals surface area contributed by atoms with Gasteiger partial charge in [-0.05, 0) is 48.4 Å². The molecule has 1 aliphatic rings. The SMILES string of the molecule is CCOc1ccccc1C(=O)Oc1ccc2c(c1)OC(N)=C(C#N)C2c1ccc(OCc2ccccc2)cc1. The van der Waals surface area contributed by atoms with Crippen LogP contribution < -0.4 is 24.7 Å². The molecule has 4 aromatic carbocycles. The maximum atomic E-state index is 12.9. The van der Waals surface area contributed by atoms with E-state index in [1.165, 1.54) is 0 Å². The van der Waals surface area contributed by atoms with Crippen LogP contribution in [0.3, 0.4) is 0 Å². The minimum atomic E-state index is -0.557. The van der Waals surface area contributed by atoms with Gasteiger partial charge in [0.1, 0.15) is 46.8 Å². The third-order valence-electron chi connectivity index (χ3n) is 6.27. The number of para-hydroxylation sites is 1. The summed E-state index contributed by atoms with van der Waals surface area (Å²) in [5, 5.41) is 9.88. The van der Waals surface area contributed by atoms with Crippen LogP contribution in [0.1, 0.15) is 39.9 Å². The zero-order valence-corrected chi connectivity index (χ0v) is 21.3. The van der Waals surface area contributed by atoms with E-state index in [1.54, 1.807) is 42.5 Å². The van der Waals surface area contributed by atoms with Gasteiger partial charge in [0.2, 0.25) is 5.88 Å². The van der Waals surface area contributed by atoms with Crippen LogP contribution in [0.5, 0.6) is 23.0 Å². The van der Waals surface area contributed by atoms with Crippen molar-refractivity contribution in [1.29, 1.82) is 5.26 Å². The Morgan fingerprint density at radius 1 is 0.923 bits per heavy atom. The second-order valence-electron chi connectivity index (χ2n) is 8.79. The van der Waals surface area contributed by atoms with Crippen LogP contribution in [0.4, 0.5) is 0 Å². The molecule has 39 heavy (non-hydrogen) atoms. The maximum Gasteiger partial charge on any atom is 0.347 e. The number of carbonyl (C=O) groups excluding carboxylic acids is 1. The normalized spacial score (nSPS) is 14.0. The van der Waals surface area contributed by atoms with Gasteiger partial charge in [0.25, 0.3) is 0 Å². The van der Waals surface area contributed by atoms with E-state index < -0.39 is 11.9 Å². The Balaban J connectivity index is 1.38. The van der Waals surface area contributed by atoms with Crippen LogP contribution in [-0.2, 0) is 6.61 Å². The molecule has 1 heterocycles. The lowest BCUT2D eigenvalue weighted by Crippen LogP contribution is -2.21. The molecule has 0 saturated heterocycles. The molecule has 0 saturated carbocycles. The number of allylic oxidation sites excluding steroid dienone is 1. The predicted molar refractivity (Wildman–Crippen MR) is 146 cm³/mol. The quantitative estimate of drug-likeness (QED) is 0.222. The number of nitrogens with two attached hydrogens (primary N) is 1. The fourth-order valence-corrected chi connectivity index (χ4v) is 4.42. The number of hydrogen-bond donors (Lipinski definition) is 1. The molecule has 0 spiro atoms. The standard InChI is InChI=1S/C32H26N2O5/c1-2-36-28-11-7-6-10-26(28)32(35)38-24-16-17-25-29(18-24)39-31(34)27(19-33)30(25)22-12-14-23(15-13-22)37-20-21-8-4-3-5-9-21/h3-18,30H,2,20,34H2,1H3. The summed E-state index contributed by atoms with van der Waals surface area (Å²) in [6.45, 7) is 2.72. The zero-order valence-electron chi connectivity index (χ0n) is 21.3. The Hall–Kier alpha value is -5.22. The van der Waals surface area contributed by atoms with Gasteiger partial charge in [-0.1, -0.05) is 60.7 Å². The molecule has 5 rings (SSSR count). The molecule has 2 N–H and O–H groups in total. The summed E-state index contributed by atoms with van der Waals surface area (Å²) in [7, 11) is 0. The van der Waals surface area contributed by atoms with Gasteiger partial charge in [-0.25, -0.2) is 4.79 Å². The van der Waals surface area contributed by atoms with Crippen molar-refractivity contribution in [2.45, 2.75) is 19.4 Å². The molecule has 0 fully saturated rings. The molecule has 7 nitrogen and oxygen atoms in total. The van der Waals surface area contributed by atoms with Crippen molar-refractivity contribution in [3.8, 4) is 29.1 Å². The van der Waals surface area contributed by atoms with E-state index in [-0.39, 0.29) is 11.6 Å². The number of ether oxygens (including phenoxy) is 4. The molecule has 0 radical (unpaired) electrons. The molecular formula is C32H26N2O5. The van der Waals surface area contributed by atoms with Crippen LogP contribution in [0, 0.1) is 11.3 Å². The number of hydrogen-bond acceptors (Lipinski definition) is 7. The summed E-state index contributed by atoms with van der Waals surface area (Å²) in [5.41, 5.74) is 9.42. The average molecular weight is 519 g/mol. The lowest BCUT2D eigenvalue weighted by molar-refractivity contribution is 0.0730. The van der Waals surface area contributed by atoms with Gasteiger partial charge in [0, 0.05) is 11.6 Å². The number of fused-ring (bicyclic) bond motifs is 1. The Labute approximate surface area is 226 Å². The molecule has 0 amide bonds. The number of rotatable bonds is 8. The smallest absolute Gasteiger partial charge is 0.347 e. The molecule has 7 heteroatoms. The van der Waals surface area contributed by atoms with E-state index in [0.717, 1.165) is 16.7 Å². The number of carbonyl (C=O) groups is 1. The number of benzene rings is 4. The Morgan fingerprint density at radius 3 is 2.38 bits per heavy atom. The molecule has 0 aliphatic carbocycles. The van der Waals surface area contributed by atoms with E-state index in [2.05, 4.69) is 6.07 Å². The van der Waals surface area contributed by atoms with Crippen molar-refractivity contribution in [1.82, 2.24) is 0 Å². The highest BCUT2D eigenvalue weighted by Gasteiger charge is 2.31. The lowest BCUT2D eigenvalue weighted by atomic mass is 9.83. The van der Waals surface area contributed by atoms with E-state index in [1.807, 2.05) is 61.5 Å². The van der Waals surface area contributed by atoms with Crippen LogP contribution >= 0.6 is 0 Å². The molecule has 1 unspecified atom stereocenters. The molecule has 0 aromatic heterocycles. The number of nitriles is 1. The van der Waals surface area contributed by atoms with Gasteiger partial charge < -0.3 is 24.7 Å². The molecule has 1 aliphatic heterocycles. The average Bonchev–Trinajstić information content (AvgIpc) is 2.96. The Morgan fingerprint density at radius 2 is 1.64 bits per heavy atom. The van der Waals surface area contributed by atoms with Crippen LogP contribution in [0.25, 0.3) is 0 Å². The van der Waals surface area contributed by atoms with Crippen molar-refractivity contribution >= 4 is 5.97 Å². The predicted octanol–water partition coefficient (Wildman–Crippen LogP) is 6.10. The van der Waals surface area contributed by atoms with Crippen LogP contribution in [0.2, 0.25) is 0 Å². The van der Waals surface area contributed by atoms with Crippen molar-refractivity contribution in [3.63, 3.8) is 0 Å². The summed E-state index contributed by atoms with van der Waals surface area (Å²) in [6.07, 6.45) is 0. The lowest BCUT2D eigenvalue weighted by Gasteiger charge is -2.27. The summed E-state index contributed by atoms with van der Waals surface area (Å²) in [5.74, 6) is 0.834. The fraction of sp³-hybridized carbons (Fsp3) is 0.125. The third-order valence-corrected chi connectivity index (χ3v) is 6.27. The third kappa shape index (κ3) is 5.55. The van der Waals surface area contributed by atoms with Gasteiger partial charge >= 0.3 is 5.97 Å². The maximum absolute atomic E-state index is 12.9. The zero-order chi connectivity index (χ0) is 27.2. The number of nitrogens with zero attached hydrogens (tertiary/aromatic N) is 1. The topological polar surface area (TPSA) is 104 Å². The first-order valence-electron chi connectivity index (χ1n) is 12.5. The van der Waals surface area contributed by atoms with Gasteiger partial charge in [0.05, 0.1) is 12.5 Å². The molecule has 0 bridgehead atoms. The van der Waals surface area contributed by atoms with Gasteiger partial charge in [-0.15, -0.1) is 0 Å². The minimum Gasteiger partial charge on any atom is -0.493 e. The Kier molecular flexibility index (Phi) is 7.46. The van der Waals surface area contributed by atoms with Crippen molar-refractivity contribution in [2.24, 2.45) is 5.73 Å². The molecule has 4 aromatic rings. The van der Waals surface area contributed by atoms with Crippen molar-refractivity contribution in [2.75, 3.05) is 6.61 Å². The highest BCUT2D eigenvalue weighted by molar-refractivity contribution is 5.94. The monoisotopic (exact) mass is 518 g/mol. The second kappa shape index (κ2) is 11.4. The highest BCUT2D eigenvalue weighted by Crippen LogP contribution is 2.43. The Bertz CT molecular complexity index is 1560. The fourth-order valence-electron chi connectivity index (χ4n) is 4.42. The molecule has 194 valence electrons.